The quantitative estimate of drug-likeness (QED) is 0.464. The van der Waals surface area contributed by atoms with Crippen molar-refractivity contribution in [2.75, 3.05) is 6.61 Å². The van der Waals surface area contributed by atoms with E-state index in [2.05, 4.69) is 0 Å². The fourth-order valence-corrected chi connectivity index (χ4v) is 0.655. The van der Waals surface area contributed by atoms with Gasteiger partial charge in [-0.05, 0) is 18.8 Å². The molecule has 4 heteroatoms. The molecule has 1 rings (SSSR count). The lowest BCUT2D eigenvalue weighted by atomic mass is 9.79. The van der Waals surface area contributed by atoms with Crippen LogP contribution in [0.1, 0.15) is 13.3 Å². The Labute approximate surface area is 66.8 Å². The Balaban J connectivity index is 0.000000292. The van der Waals surface area contributed by atoms with Gasteiger partial charge in [0.25, 0.3) is 0 Å². The van der Waals surface area contributed by atoms with Crippen LogP contribution >= 0.6 is 0 Å². The molecule has 0 saturated heterocycles. The molecular formula is C7H13BO3. The van der Waals surface area contributed by atoms with Crippen LogP contribution in [0, 0.1) is 0 Å². The topological polar surface area (TPSA) is 60.7 Å². The predicted molar refractivity (Wildman–Crippen MR) is 44.8 cm³/mol. The monoisotopic (exact) mass is 156 g/mol. The number of aliphatic hydroxyl groups excluding tert-OH is 1. The summed E-state index contributed by atoms with van der Waals surface area (Å²) >= 11 is 0. The molecule has 11 heavy (non-hydrogen) atoms. The summed E-state index contributed by atoms with van der Waals surface area (Å²) in [5.74, 6) is 0. The summed E-state index contributed by atoms with van der Waals surface area (Å²) in [7, 11) is -1.26. The maximum absolute atomic E-state index is 8.50. The standard InChI is InChI=1S/C5H7BO2.C2H6O/c7-6(8)5-3-1-2-4-5;1-2-3/h1-3,7-8H,4H2;3H,2H2,1H3. The van der Waals surface area contributed by atoms with Crippen LogP contribution in [0.15, 0.2) is 23.7 Å². The largest absolute Gasteiger partial charge is 0.484 e. The molecule has 62 valence electrons. The minimum Gasteiger partial charge on any atom is -0.423 e. The second-order valence-corrected chi connectivity index (χ2v) is 2.06. The first kappa shape index (κ1) is 10.4. The molecule has 0 aromatic rings. The average molecular weight is 156 g/mol. The van der Waals surface area contributed by atoms with Gasteiger partial charge in [-0.15, -0.1) is 0 Å². The lowest BCUT2D eigenvalue weighted by molar-refractivity contribution is 0.318. The second-order valence-electron chi connectivity index (χ2n) is 2.06. The van der Waals surface area contributed by atoms with E-state index in [4.69, 9.17) is 15.2 Å². The van der Waals surface area contributed by atoms with Gasteiger partial charge in [0.2, 0.25) is 0 Å². The van der Waals surface area contributed by atoms with E-state index in [0.717, 1.165) is 0 Å². The number of allylic oxidation sites excluding steroid dienone is 4. The van der Waals surface area contributed by atoms with Crippen LogP contribution in [0.3, 0.4) is 0 Å². The number of hydrogen-bond donors (Lipinski definition) is 3. The van der Waals surface area contributed by atoms with E-state index in [0.29, 0.717) is 11.9 Å². The molecule has 3 nitrogen and oxygen atoms in total. The van der Waals surface area contributed by atoms with Crippen molar-refractivity contribution in [3.8, 4) is 0 Å². The van der Waals surface area contributed by atoms with Crippen LogP contribution in [-0.4, -0.2) is 28.9 Å². The minimum absolute atomic E-state index is 0.250. The molecule has 0 amide bonds. The summed E-state index contributed by atoms with van der Waals surface area (Å²) in [6, 6.07) is 0. The fraction of sp³-hybridized carbons (Fsp3) is 0.429. The molecule has 0 heterocycles. The molecule has 1 aliphatic carbocycles. The van der Waals surface area contributed by atoms with E-state index in [1.807, 2.05) is 12.2 Å². The summed E-state index contributed by atoms with van der Waals surface area (Å²) in [4.78, 5) is 0. The Morgan fingerprint density at radius 1 is 1.55 bits per heavy atom. The van der Waals surface area contributed by atoms with Crippen LogP contribution in [0.5, 0.6) is 0 Å². The fourth-order valence-electron chi connectivity index (χ4n) is 0.655. The molecule has 1 aliphatic rings. The molecule has 0 aliphatic heterocycles. The first-order valence-electron chi connectivity index (χ1n) is 3.55. The molecule has 0 bridgehead atoms. The highest BCUT2D eigenvalue weighted by Gasteiger charge is 2.13. The molecule has 0 radical (unpaired) electrons. The summed E-state index contributed by atoms with van der Waals surface area (Å²) in [6.07, 6.45) is 6.09. The van der Waals surface area contributed by atoms with Gasteiger partial charge in [-0.25, -0.2) is 0 Å². The van der Waals surface area contributed by atoms with Gasteiger partial charge in [-0.2, -0.15) is 0 Å². The minimum atomic E-state index is -1.26. The maximum Gasteiger partial charge on any atom is 0.484 e. The van der Waals surface area contributed by atoms with Gasteiger partial charge in [-0.1, -0.05) is 18.2 Å². The average Bonchev–Trinajstić information content (AvgIpc) is 2.38. The lowest BCUT2D eigenvalue weighted by Gasteiger charge is -1.94. The van der Waals surface area contributed by atoms with E-state index >= 15 is 0 Å². The van der Waals surface area contributed by atoms with Crippen LogP contribution in [0.2, 0.25) is 0 Å². The van der Waals surface area contributed by atoms with E-state index in [1.165, 1.54) is 0 Å². The molecule has 0 atom stereocenters. The normalized spacial score (nSPS) is 13.6. The summed E-state index contributed by atoms with van der Waals surface area (Å²) in [5.41, 5.74) is 0.671. The summed E-state index contributed by atoms with van der Waals surface area (Å²) < 4.78 is 0. The lowest BCUT2D eigenvalue weighted by Crippen LogP contribution is -2.13. The van der Waals surface area contributed by atoms with Gasteiger partial charge in [0.1, 0.15) is 0 Å². The zero-order valence-electron chi connectivity index (χ0n) is 6.57. The van der Waals surface area contributed by atoms with Crippen molar-refractivity contribution in [2.24, 2.45) is 0 Å². The third-order valence-electron chi connectivity index (χ3n) is 1.13. The van der Waals surface area contributed by atoms with Crippen LogP contribution < -0.4 is 0 Å². The third-order valence-corrected chi connectivity index (χ3v) is 1.13. The number of rotatable bonds is 1. The van der Waals surface area contributed by atoms with Gasteiger partial charge in [-0.3, -0.25) is 0 Å². The Kier molecular flexibility index (Phi) is 5.83. The Bertz CT molecular complexity index is 152. The van der Waals surface area contributed by atoms with Gasteiger partial charge in [0, 0.05) is 6.61 Å². The van der Waals surface area contributed by atoms with Crippen molar-refractivity contribution >= 4 is 7.12 Å². The molecule has 0 unspecified atom stereocenters. The molecular weight excluding hydrogens is 143 g/mol. The van der Waals surface area contributed by atoms with Gasteiger partial charge >= 0.3 is 7.12 Å². The molecule has 0 spiro atoms. The van der Waals surface area contributed by atoms with Crippen molar-refractivity contribution in [3.63, 3.8) is 0 Å². The first-order chi connectivity index (χ1) is 5.22. The zero-order valence-corrected chi connectivity index (χ0v) is 6.57. The highest BCUT2D eigenvalue weighted by Crippen LogP contribution is 2.09. The molecule has 0 aromatic carbocycles. The molecule has 0 aromatic heterocycles. The van der Waals surface area contributed by atoms with E-state index in [1.54, 1.807) is 13.0 Å². The SMILES string of the molecule is CCO.OB(O)C1=CC=CC1. The van der Waals surface area contributed by atoms with Gasteiger partial charge in [0.05, 0.1) is 0 Å². The highest BCUT2D eigenvalue weighted by molar-refractivity contribution is 6.50. The predicted octanol–water partition coefficient (Wildman–Crippen LogP) is -0.117. The Morgan fingerprint density at radius 2 is 2.09 bits per heavy atom. The molecule has 3 N–H and O–H groups in total. The highest BCUT2D eigenvalue weighted by atomic mass is 16.4. The smallest absolute Gasteiger partial charge is 0.423 e. The van der Waals surface area contributed by atoms with Crippen molar-refractivity contribution in [1.82, 2.24) is 0 Å². The first-order valence-corrected chi connectivity index (χ1v) is 3.55. The van der Waals surface area contributed by atoms with Crippen molar-refractivity contribution < 1.29 is 15.2 Å². The zero-order chi connectivity index (χ0) is 8.69. The van der Waals surface area contributed by atoms with Crippen molar-refractivity contribution in [2.45, 2.75) is 13.3 Å². The third kappa shape index (κ3) is 4.78. The van der Waals surface area contributed by atoms with E-state index in [9.17, 15) is 0 Å². The Morgan fingerprint density at radius 3 is 2.27 bits per heavy atom. The van der Waals surface area contributed by atoms with Crippen LogP contribution in [-0.2, 0) is 0 Å². The van der Waals surface area contributed by atoms with Crippen molar-refractivity contribution in [1.29, 1.82) is 0 Å². The summed E-state index contributed by atoms with van der Waals surface area (Å²) in [5, 5.41) is 24.6. The maximum atomic E-state index is 8.50. The Hall–Kier alpha value is -0.575. The summed E-state index contributed by atoms with van der Waals surface area (Å²) in [6.45, 7) is 1.93. The van der Waals surface area contributed by atoms with Crippen LogP contribution in [0.4, 0.5) is 0 Å². The second kappa shape index (κ2) is 6.16. The van der Waals surface area contributed by atoms with Gasteiger partial charge < -0.3 is 15.2 Å². The van der Waals surface area contributed by atoms with Crippen molar-refractivity contribution in [3.05, 3.63) is 23.7 Å². The number of hydrogen-bond acceptors (Lipinski definition) is 3. The van der Waals surface area contributed by atoms with E-state index in [-0.39, 0.29) is 6.61 Å². The van der Waals surface area contributed by atoms with Gasteiger partial charge in [0.15, 0.2) is 0 Å². The number of aliphatic hydroxyl groups is 1. The van der Waals surface area contributed by atoms with E-state index < -0.39 is 7.12 Å². The molecule has 0 fully saturated rings. The molecule has 0 saturated carbocycles. The van der Waals surface area contributed by atoms with Crippen LogP contribution in [0.25, 0.3) is 0 Å².